The van der Waals surface area contributed by atoms with Crippen LogP contribution in [0.5, 0.6) is 0 Å². The van der Waals surface area contributed by atoms with E-state index >= 15 is 0 Å². The van der Waals surface area contributed by atoms with Crippen molar-refractivity contribution in [2.75, 3.05) is 5.32 Å². The SMILES string of the molecule is CC(C)Nc1ccc(CCn2c(=O)n(CCC3CCCCC3)c3ccccc32)cc1. The van der Waals surface area contributed by atoms with E-state index in [2.05, 4.69) is 55.6 Å². The molecule has 4 heteroatoms. The number of rotatable bonds is 8. The van der Waals surface area contributed by atoms with Gasteiger partial charge in [-0.3, -0.25) is 9.13 Å². The highest BCUT2D eigenvalue weighted by Gasteiger charge is 2.17. The minimum absolute atomic E-state index is 0.144. The van der Waals surface area contributed by atoms with Crippen LogP contribution in [0.1, 0.15) is 57.9 Å². The molecule has 4 rings (SSSR count). The van der Waals surface area contributed by atoms with E-state index in [1.165, 1.54) is 37.7 Å². The number of hydrogen-bond acceptors (Lipinski definition) is 2. The molecule has 30 heavy (non-hydrogen) atoms. The molecule has 1 aliphatic rings. The molecule has 1 aromatic heterocycles. The van der Waals surface area contributed by atoms with Gasteiger partial charge in [0.25, 0.3) is 0 Å². The van der Waals surface area contributed by atoms with E-state index in [1.807, 2.05) is 21.3 Å². The summed E-state index contributed by atoms with van der Waals surface area (Å²) in [6, 6.07) is 17.3. The molecule has 0 bridgehead atoms. The molecule has 0 atom stereocenters. The lowest BCUT2D eigenvalue weighted by molar-refractivity contribution is 0.323. The van der Waals surface area contributed by atoms with Crippen molar-refractivity contribution in [2.45, 2.75) is 77.9 Å². The van der Waals surface area contributed by atoms with Crippen molar-refractivity contribution in [2.24, 2.45) is 5.92 Å². The predicted octanol–water partition coefficient (Wildman–Crippen LogP) is 5.84. The molecule has 0 spiro atoms. The Balaban J connectivity index is 1.49. The predicted molar refractivity (Wildman–Crippen MR) is 126 cm³/mol. The number of para-hydroxylation sites is 2. The summed E-state index contributed by atoms with van der Waals surface area (Å²) in [5.41, 5.74) is 4.68. The zero-order valence-corrected chi connectivity index (χ0v) is 18.4. The second kappa shape index (κ2) is 9.55. The number of nitrogens with zero attached hydrogens (tertiary/aromatic N) is 2. The topological polar surface area (TPSA) is 39.0 Å². The highest BCUT2D eigenvalue weighted by atomic mass is 16.1. The molecule has 1 aliphatic carbocycles. The Hall–Kier alpha value is -2.49. The molecule has 1 saturated carbocycles. The maximum absolute atomic E-state index is 13.3. The molecule has 0 unspecified atom stereocenters. The zero-order valence-electron chi connectivity index (χ0n) is 18.4. The summed E-state index contributed by atoms with van der Waals surface area (Å²) >= 11 is 0. The molecule has 0 radical (unpaired) electrons. The first-order chi connectivity index (χ1) is 14.6. The molecule has 0 amide bonds. The fourth-order valence-corrected chi connectivity index (χ4v) is 4.83. The number of aromatic nitrogens is 2. The van der Waals surface area contributed by atoms with Gasteiger partial charge in [0.15, 0.2) is 0 Å². The number of imidazole rings is 1. The van der Waals surface area contributed by atoms with Crippen molar-refractivity contribution in [3.63, 3.8) is 0 Å². The summed E-state index contributed by atoms with van der Waals surface area (Å²) in [5, 5.41) is 3.42. The van der Waals surface area contributed by atoms with Gasteiger partial charge < -0.3 is 5.32 Å². The average molecular weight is 406 g/mol. The van der Waals surface area contributed by atoms with Gasteiger partial charge in [0.05, 0.1) is 11.0 Å². The first-order valence-corrected chi connectivity index (χ1v) is 11.7. The third-order valence-corrected chi connectivity index (χ3v) is 6.44. The smallest absolute Gasteiger partial charge is 0.329 e. The van der Waals surface area contributed by atoms with Gasteiger partial charge in [0.2, 0.25) is 0 Å². The third kappa shape index (κ3) is 4.80. The fraction of sp³-hybridized carbons (Fsp3) is 0.500. The van der Waals surface area contributed by atoms with Gasteiger partial charge in [-0.05, 0) is 62.4 Å². The number of hydrogen-bond donors (Lipinski definition) is 1. The van der Waals surface area contributed by atoms with Gasteiger partial charge in [0, 0.05) is 24.8 Å². The lowest BCUT2D eigenvalue weighted by Gasteiger charge is -2.21. The minimum Gasteiger partial charge on any atom is -0.383 e. The molecule has 1 heterocycles. The molecule has 1 N–H and O–H groups in total. The largest absolute Gasteiger partial charge is 0.383 e. The van der Waals surface area contributed by atoms with E-state index in [0.29, 0.717) is 12.6 Å². The maximum atomic E-state index is 13.3. The summed E-state index contributed by atoms with van der Waals surface area (Å²) < 4.78 is 3.98. The summed E-state index contributed by atoms with van der Waals surface area (Å²) in [5.74, 6) is 0.783. The van der Waals surface area contributed by atoms with Crippen LogP contribution in [-0.4, -0.2) is 15.2 Å². The normalized spacial score (nSPS) is 15.2. The van der Waals surface area contributed by atoms with E-state index in [-0.39, 0.29) is 5.69 Å². The second-order valence-corrected chi connectivity index (χ2v) is 9.11. The quantitative estimate of drug-likeness (QED) is 0.511. The molecular formula is C26H35N3O. The van der Waals surface area contributed by atoms with Crippen molar-refractivity contribution >= 4 is 16.7 Å². The van der Waals surface area contributed by atoms with E-state index < -0.39 is 0 Å². The Morgan fingerprint density at radius 2 is 1.53 bits per heavy atom. The molecule has 0 aliphatic heterocycles. The summed E-state index contributed by atoms with van der Waals surface area (Å²) in [6.07, 6.45) is 8.73. The summed E-state index contributed by atoms with van der Waals surface area (Å²) in [6.45, 7) is 5.84. The Morgan fingerprint density at radius 3 is 2.17 bits per heavy atom. The highest BCUT2D eigenvalue weighted by Crippen LogP contribution is 2.27. The van der Waals surface area contributed by atoms with Crippen molar-refractivity contribution in [1.82, 2.24) is 9.13 Å². The number of nitrogens with one attached hydrogen (secondary N) is 1. The second-order valence-electron chi connectivity index (χ2n) is 9.11. The van der Waals surface area contributed by atoms with Crippen LogP contribution in [-0.2, 0) is 19.5 Å². The Morgan fingerprint density at radius 1 is 0.900 bits per heavy atom. The van der Waals surface area contributed by atoms with Crippen LogP contribution in [0.3, 0.4) is 0 Å². The van der Waals surface area contributed by atoms with Crippen LogP contribution in [0.2, 0.25) is 0 Å². The maximum Gasteiger partial charge on any atom is 0.329 e. The first-order valence-electron chi connectivity index (χ1n) is 11.7. The van der Waals surface area contributed by atoms with Crippen LogP contribution in [0.15, 0.2) is 53.3 Å². The number of benzene rings is 2. The molecule has 160 valence electrons. The van der Waals surface area contributed by atoms with Crippen LogP contribution in [0, 0.1) is 5.92 Å². The van der Waals surface area contributed by atoms with E-state index in [0.717, 1.165) is 42.0 Å². The van der Waals surface area contributed by atoms with Gasteiger partial charge in [0.1, 0.15) is 0 Å². The monoisotopic (exact) mass is 405 g/mol. The number of aryl methyl sites for hydroxylation is 3. The zero-order chi connectivity index (χ0) is 20.9. The molecule has 4 nitrogen and oxygen atoms in total. The van der Waals surface area contributed by atoms with Crippen molar-refractivity contribution in [3.8, 4) is 0 Å². The van der Waals surface area contributed by atoms with Crippen molar-refractivity contribution in [3.05, 3.63) is 64.6 Å². The van der Waals surface area contributed by atoms with Crippen LogP contribution >= 0.6 is 0 Å². The fourth-order valence-electron chi connectivity index (χ4n) is 4.83. The van der Waals surface area contributed by atoms with Crippen molar-refractivity contribution < 1.29 is 0 Å². The Labute approximate surface area is 179 Å². The molecule has 1 fully saturated rings. The average Bonchev–Trinajstić information content (AvgIpc) is 3.03. The van der Waals surface area contributed by atoms with Crippen LogP contribution < -0.4 is 11.0 Å². The van der Waals surface area contributed by atoms with Gasteiger partial charge in [-0.25, -0.2) is 4.79 Å². The van der Waals surface area contributed by atoms with E-state index in [1.54, 1.807) is 0 Å². The summed E-state index contributed by atoms with van der Waals surface area (Å²) in [7, 11) is 0. The Bertz CT molecular complexity index is 1010. The Kier molecular flexibility index (Phi) is 6.61. The van der Waals surface area contributed by atoms with Crippen molar-refractivity contribution in [1.29, 1.82) is 0 Å². The van der Waals surface area contributed by atoms with Gasteiger partial charge in [-0.2, -0.15) is 0 Å². The number of fused-ring (bicyclic) bond motifs is 1. The van der Waals surface area contributed by atoms with Crippen LogP contribution in [0.4, 0.5) is 5.69 Å². The van der Waals surface area contributed by atoms with Gasteiger partial charge in [-0.1, -0.05) is 56.4 Å². The first kappa shape index (κ1) is 20.8. The van der Waals surface area contributed by atoms with E-state index in [4.69, 9.17) is 0 Å². The molecular weight excluding hydrogens is 370 g/mol. The van der Waals surface area contributed by atoms with E-state index in [9.17, 15) is 4.79 Å². The lowest BCUT2D eigenvalue weighted by atomic mass is 9.87. The van der Waals surface area contributed by atoms with Gasteiger partial charge in [-0.15, -0.1) is 0 Å². The standard InChI is InChI=1S/C26H35N3O/c1-20(2)27-23-14-12-22(13-15-23)17-19-29-25-11-7-6-10-24(25)28(26(29)30)18-16-21-8-4-3-5-9-21/h6-7,10-15,20-21,27H,3-5,8-9,16-19H2,1-2H3. The minimum atomic E-state index is 0.144. The van der Waals surface area contributed by atoms with Crippen LogP contribution in [0.25, 0.3) is 11.0 Å². The molecule has 2 aromatic carbocycles. The highest BCUT2D eigenvalue weighted by molar-refractivity contribution is 5.76. The third-order valence-electron chi connectivity index (χ3n) is 6.44. The number of anilines is 1. The van der Waals surface area contributed by atoms with Gasteiger partial charge >= 0.3 is 5.69 Å². The molecule has 0 saturated heterocycles. The lowest BCUT2D eigenvalue weighted by Crippen LogP contribution is -2.26. The summed E-state index contributed by atoms with van der Waals surface area (Å²) in [4.78, 5) is 13.3. The molecule has 3 aromatic rings.